The van der Waals surface area contributed by atoms with Crippen LogP contribution in [0.4, 0.5) is 0 Å². The van der Waals surface area contributed by atoms with Gasteiger partial charge in [0.25, 0.3) is 0 Å². The molecule has 1 aliphatic carbocycles. The standard InChI is InChI=1S/C19H27N3O4S/c1-26-17(25)19(14(12-20)16(24)21-18(27)22-19)13-10-8-6-4-2-3-5-7-9-11-15(13)23/h13-14H,2-11H2,1H3,(H2,21,22,24,27)/t13-,14-,19+/m1/s1. The fraction of sp³-hybridized carbons (Fsp3) is 0.737. The molecule has 2 rings (SSSR count). The minimum absolute atomic E-state index is 0.0594. The molecule has 0 spiro atoms. The van der Waals surface area contributed by atoms with Gasteiger partial charge in [-0.25, -0.2) is 4.79 Å². The van der Waals surface area contributed by atoms with Crippen molar-refractivity contribution in [3.8, 4) is 6.07 Å². The first kappa shape index (κ1) is 21.3. The minimum atomic E-state index is -1.77. The van der Waals surface area contributed by atoms with E-state index in [1.54, 1.807) is 0 Å². The van der Waals surface area contributed by atoms with E-state index in [0.717, 1.165) is 44.9 Å². The average molecular weight is 394 g/mol. The first-order valence-corrected chi connectivity index (χ1v) is 10.0. The molecule has 2 N–H and O–H groups in total. The quantitative estimate of drug-likeness (QED) is 0.546. The highest BCUT2D eigenvalue weighted by molar-refractivity contribution is 7.80. The maximum atomic E-state index is 13.1. The van der Waals surface area contributed by atoms with E-state index in [-0.39, 0.29) is 10.9 Å². The molecule has 148 valence electrons. The number of hydrogen-bond donors (Lipinski definition) is 2. The number of carbonyl (C=O) groups excluding carboxylic acids is 3. The van der Waals surface area contributed by atoms with Crippen LogP contribution in [0.25, 0.3) is 0 Å². The van der Waals surface area contributed by atoms with Crippen molar-refractivity contribution < 1.29 is 19.1 Å². The second-order valence-corrected chi connectivity index (χ2v) is 7.66. The van der Waals surface area contributed by atoms with Crippen molar-refractivity contribution in [2.24, 2.45) is 11.8 Å². The van der Waals surface area contributed by atoms with E-state index in [1.807, 2.05) is 6.07 Å². The van der Waals surface area contributed by atoms with Gasteiger partial charge in [0.05, 0.1) is 19.1 Å². The van der Waals surface area contributed by atoms with Crippen molar-refractivity contribution in [2.45, 2.75) is 69.7 Å². The second-order valence-electron chi connectivity index (χ2n) is 7.25. The number of hydrogen-bond acceptors (Lipinski definition) is 6. The highest BCUT2D eigenvalue weighted by Gasteiger charge is 2.60. The fourth-order valence-electron chi connectivity index (χ4n) is 4.14. The Kier molecular flexibility index (Phi) is 7.72. The maximum Gasteiger partial charge on any atom is 0.334 e. The van der Waals surface area contributed by atoms with Crippen LogP contribution in [0, 0.1) is 23.2 Å². The summed E-state index contributed by atoms with van der Waals surface area (Å²) in [6, 6.07) is 1.90. The Bertz CT molecular complexity index is 645. The number of nitrogens with zero attached hydrogens (tertiary/aromatic N) is 1. The van der Waals surface area contributed by atoms with Crippen molar-refractivity contribution in [3.63, 3.8) is 0 Å². The number of rotatable bonds is 2. The summed E-state index contributed by atoms with van der Waals surface area (Å²) in [6.07, 6.45) is 8.59. The summed E-state index contributed by atoms with van der Waals surface area (Å²) >= 11 is 5.08. The molecule has 1 aliphatic heterocycles. The van der Waals surface area contributed by atoms with E-state index in [0.29, 0.717) is 12.8 Å². The monoisotopic (exact) mass is 393 g/mol. The summed E-state index contributed by atoms with van der Waals surface area (Å²) in [5, 5.41) is 14.8. The molecule has 27 heavy (non-hydrogen) atoms. The van der Waals surface area contributed by atoms with Gasteiger partial charge in [0, 0.05) is 6.42 Å². The van der Waals surface area contributed by atoms with Gasteiger partial charge in [-0.3, -0.25) is 9.59 Å². The van der Waals surface area contributed by atoms with Crippen molar-refractivity contribution >= 4 is 35.0 Å². The van der Waals surface area contributed by atoms with Crippen molar-refractivity contribution in [1.29, 1.82) is 5.26 Å². The molecule has 0 unspecified atom stereocenters. The number of Topliss-reactive ketones (excluding diaryl/α,β-unsaturated/α-hetero) is 1. The zero-order valence-electron chi connectivity index (χ0n) is 15.7. The summed E-state index contributed by atoms with van der Waals surface area (Å²) in [4.78, 5) is 38.4. The summed E-state index contributed by atoms with van der Waals surface area (Å²) in [5.41, 5.74) is -1.77. The van der Waals surface area contributed by atoms with Crippen LogP contribution in [0.3, 0.4) is 0 Å². The molecular formula is C19H27N3O4S. The minimum Gasteiger partial charge on any atom is -0.467 e. The molecule has 0 aromatic heterocycles. The molecule has 1 heterocycles. The third kappa shape index (κ3) is 4.64. The average Bonchev–Trinajstić information content (AvgIpc) is 2.63. The summed E-state index contributed by atoms with van der Waals surface area (Å²) in [6.45, 7) is 0. The third-order valence-electron chi connectivity index (χ3n) is 5.53. The predicted octanol–water partition coefficient (Wildman–Crippen LogP) is 2.14. The number of esters is 1. The Hall–Kier alpha value is -2.01. The topological polar surface area (TPSA) is 108 Å². The van der Waals surface area contributed by atoms with Gasteiger partial charge in [-0.05, 0) is 25.1 Å². The zero-order valence-corrected chi connectivity index (χ0v) is 16.5. The lowest BCUT2D eigenvalue weighted by Gasteiger charge is -2.44. The molecule has 1 saturated carbocycles. The highest BCUT2D eigenvalue weighted by Crippen LogP contribution is 2.36. The Morgan fingerprint density at radius 1 is 1.15 bits per heavy atom. The van der Waals surface area contributed by atoms with E-state index in [2.05, 4.69) is 10.6 Å². The Morgan fingerprint density at radius 2 is 1.74 bits per heavy atom. The lowest BCUT2D eigenvalue weighted by Crippen LogP contribution is -2.73. The van der Waals surface area contributed by atoms with E-state index < -0.39 is 29.3 Å². The lowest BCUT2D eigenvalue weighted by molar-refractivity contribution is -0.159. The molecule has 0 aromatic rings. The van der Waals surface area contributed by atoms with Crippen LogP contribution < -0.4 is 10.6 Å². The first-order valence-electron chi connectivity index (χ1n) is 9.61. The van der Waals surface area contributed by atoms with Crippen molar-refractivity contribution in [3.05, 3.63) is 0 Å². The maximum absolute atomic E-state index is 13.1. The van der Waals surface area contributed by atoms with Crippen LogP contribution in [0.1, 0.15) is 64.2 Å². The second kappa shape index (κ2) is 9.79. The SMILES string of the molecule is COC(=O)[C@@]1([C@@H]2CCCCCCCCCCC2=O)NC(=S)NC(=O)[C@H]1C#N. The summed E-state index contributed by atoms with van der Waals surface area (Å²) in [5.74, 6) is -3.81. The van der Waals surface area contributed by atoms with Gasteiger partial charge in [-0.1, -0.05) is 44.9 Å². The molecule has 7 nitrogen and oxygen atoms in total. The number of thiocarbonyl (C=S) groups is 1. The van der Waals surface area contributed by atoms with Crippen LogP contribution in [0.5, 0.6) is 0 Å². The van der Waals surface area contributed by atoms with Gasteiger partial charge in [0.15, 0.2) is 16.6 Å². The molecule has 0 radical (unpaired) electrons. The van der Waals surface area contributed by atoms with Gasteiger partial charge >= 0.3 is 5.97 Å². The Balaban J connectivity index is 2.44. The molecule has 1 saturated heterocycles. The molecule has 0 aromatic carbocycles. The van der Waals surface area contributed by atoms with Crippen LogP contribution in [0.2, 0.25) is 0 Å². The number of ketones is 1. The van der Waals surface area contributed by atoms with Crippen LogP contribution >= 0.6 is 12.2 Å². The number of carbonyl (C=O) groups is 3. The zero-order chi connectivity index (χ0) is 19.9. The van der Waals surface area contributed by atoms with Gasteiger partial charge in [0.2, 0.25) is 5.91 Å². The molecule has 8 heteroatoms. The molecular weight excluding hydrogens is 366 g/mol. The van der Waals surface area contributed by atoms with E-state index >= 15 is 0 Å². The number of nitrogens with one attached hydrogen (secondary N) is 2. The van der Waals surface area contributed by atoms with Gasteiger partial charge in [-0.2, -0.15) is 5.26 Å². The van der Waals surface area contributed by atoms with Crippen LogP contribution in [-0.4, -0.2) is 35.4 Å². The summed E-state index contributed by atoms with van der Waals surface area (Å²) in [7, 11) is 1.19. The first-order chi connectivity index (χ1) is 13.0. The van der Waals surface area contributed by atoms with E-state index in [1.165, 1.54) is 13.5 Å². The van der Waals surface area contributed by atoms with Crippen molar-refractivity contribution in [1.82, 2.24) is 10.6 Å². The smallest absolute Gasteiger partial charge is 0.334 e. The van der Waals surface area contributed by atoms with Crippen LogP contribution in [-0.2, 0) is 19.1 Å². The van der Waals surface area contributed by atoms with E-state index in [9.17, 15) is 19.6 Å². The highest BCUT2D eigenvalue weighted by atomic mass is 32.1. The van der Waals surface area contributed by atoms with Crippen molar-refractivity contribution in [2.75, 3.05) is 7.11 Å². The van der Waals surface area contributed by atoms with Gasteiger partial charge < -0.3 is 15.4 Å². The lowest BCUT2D eigenvalue weighted by atomic mass is 9.68. The number of ether oxygens (including phenoxy) is 1. The molecule has 3 atom stereocenters. The largest absolute Gasteiger partial charge is 0.467 e. The Morgan fingerprint density at radius 3 is 2.33 bits per heavy atom. The van der Waals surface area contributed by atoms with Gasteiger partial charge in [-0.15, -0.1) is 0 Å². The number of amides is 1. The normalized spacial score (nSPS) is 30.7. The molecule has 2 aliphatic rings. The summed E-state index contributed by atoms with van der Waals surface area (Å²) < 4.78 is 4.95. The fourth-order valence-corrected chi connectivity index (χ4v) is 4.41. The molecule has 0 bridgehead atoms. The van der Waals surface area contributed by atoms with E-state index in [4.69, 9.17) is 17.0 Å². The molecule has 1 amide bonds. The van der Waals surface area contributed by atoms with Crippen LogP contribution in [0.15, 0.2) is 0 Å². The predicted molar refractivity (Wildman–Crippen MR) is 102 cm³/mol. The number of methoxy groups -OCH3 is 1. The molecule has 2 fully saturated rings. The number of nitriles is 1. The Labute approximate surface area is 165 Å². The third-order valence-corrected chi connectivity index (χ3v) is 5.74. The van der Waals surface area contributed by atoms with Gasteiger partial charge in [0.1, 0.15) is 5.78 Å².